The van der Waals surface area contributed by atoms with E-state index >= 15 is 0 Å². The van der Waals surface area contributed by atoms with Crippen molar-refractivity contribution in [3.63, 3.8) is 0 Å². The summed E-state index contributed by atoms with van der Waals surface area (Å²) in [4.78, 5) is 20.7. The van der Waals surface area contributed by atoms with Gasteiger partial charge >= 0.3 is 8.60 Å². The molecule has 3 N–H and O–H groups in total. The summed E-state index contributed by atoms with van der Waals surface area (Å²) in [5, 5.41) is 12.5. The Morgan fingerprint density at radius 2 is 1.76 bits per heavy atom. The maximum atomic E-state index is 11.6. The van der Waals surface area contributed by atoms with Crippen LogP contribution >= 0.6 is 8.60 Å². The minimum atomic E-state index is -1.94. The molecule has 2 atom stereocenters. The van der Waals surface area contributed by atoms with E-state index < -0.39 is 26.0 Å². The molecule has 0 aliphatic carbocycles. The number of aliphatic hydroxyl groups is 1. The molecule has 0 saturated carbocycles. The van der Waals surface area contributed by atoms with Crippen LogP contribution in [0, 0.1) is 5.41 Å². The van der Waals surface area contributed by atoms with E-state index in [-0.39, 0.29) is 6.61 Å². The third kappa shape index (κ3) is 13.1. The molecule has 0 aromatic carbocycles. The van der Waals surface area contributed by atoms with Crippen LogP contribution in [0.3, 0.4) is 0 Å². The first kappa shape index (κ1) is 25.7. The Kier molecular flexibility index (Phi) is 19.7. The monoisotopic (exact) mass is 327 g/mol. The van der Waals surface area contributed by atoms with Crippen molar-refractivity contribution >= 4 is 14.5 Å². The highest BCUT2D eigenvalue weighted by Crippen LogP contribution is 2.35. The molecular formula is C14H34NO5P. The predicted octanol–water partition coefficient (Wildman–Crippen LogP) is 2.83. The highest BCUT2D eigenvalue weighted by atomic mass is 31.2. The lowest BCUT2D eigenvalue weighted by Gasteiger charge is -2.29. The Hall–Kier alpha value is -0.260. The average Bonchev–Trinajstić information content (AvgIpc) is 2.53. The molecule has 21 heavy (non-hydrogen) atoms. The van der Waals surface area contributed by atoms with Crippen LogP contribution in [-0.4, -0.2) is 42.3 Å². The quantitative estimate of drug-likeness (QED) is 0.597. The van der Waals surface area contributed by atoms with E-state index in [0.29, 0.717) is 6.54 Å². The summed E-state index contributed by atoms with van der Waals surface area (Å²) in [6, 6.07) is 0. The summed E-state index contributed by atoms with van der Waals surface area (Å²) in [5.74, 6) is -0.430. The van der Waals surface area contributed by atoms with Gasteiger partial charge < -0.3 is 24.4 Å². The van der Waals surface area contributed by atoms with Crippen molar-refractivity contribution < 1.29 is 23.8 Å². The minimum Gasteiger partial charge on any atom is -0.383 e. The van der Waals surface area contributed by atoms with Gasteiger partial charge in [0, 0.05) is 19.1 Å². The normalized spacial score (nSPS) is 13.0. The number of nitrogens with one attached hydrogen (secondary N) is 1. The van der Waals surface area contributed by atoms with Gasteiger partial charge in [0.2, 0.25) is 5.91 Å². The molecule has 6 nitrogen and oxygen atoms in total. The Morgan fingerprint density at radius 1 is 1.29 bits per heavy atom. The fraction of sp³-hybridized carbons (Fsp3) is 0.929. The van der Waals surface area contributed by atoms with E-state index in [1.165, 1.54) is 7.11 Å². The van der Waals surface area contributed by atoms with Crippen LogP contribution in [0.25, 0.3) is 0 Å². The summed E-state index contributed by atoms with van der Waals surface area (Å²) >= 11 is 0. The van der Waals surface area contributed by atoms with Crippen LogP contribution in [-0.2, 0) is 13.8 Å². The lowest BCUT2D eigenvalue weighted by molar-refractivity contribution is -0.136. The molecule has 0 saturated heterocycles. The van der Waals surface area contributed by atoms with Gasteiger partial charge in [-0.2, -0.15) is 0 Å². The first-order valence-corrected chi connectivity index (χ1v) is 8.60. The number of aliphatic hydroxyl groups excluding tert-OH is 1. The number of rotatable bonds is 8. The van der Waals surface area contributed by atoms with Crippen LogP contribution in [0.5, 0.6) is 0 Å². The number of hydrogen-bond acceptors (Lipinski definition) is 5. The molecule has 2 unspecified atom stereocenters. The molecule has 0 spiro atoms. The first-order valence-electron chi connectivity index (χ1n) is 7.47. The summed E-state index contributed by atoms with van der Waals surface area (Å²) in [5.41, 5.74) is -0.792. The van der Waals surface area contributed by atoms with Gasteiger partial charge in [0.25, 0.3) is 0 Å². The van der Waals surface area contributed by atoms with Gasteiger partial charge in [-0.25, -0.2) is 0 Å². The zero-order valence-corrected chi connectivity index (χ0v) is 15.7. The van der Waals surface area contributed by atoms with Crippen molar-refractivity contribution in [1.82, 2.24) is 5.32 Å². The lowest BCUT2D eigenvalue weighted by atomic mass is 9.87. The Labute approximate surface area is 131 Å². The predicted molar refractivity (Wildman–Crippen MR) is 87.9 cm³/mol. The topological polar surface area (TPSA) is 88.0 Å². The second-order valence-corrected chi connectivity index (χ2v) is 5.48. The molecule has 0 fully saturated rings. The number of amides is 1. The minimum absolute atomic E-state index is 0.0315. The molecule has 0 rings (SSSR count). The number of carbonyl (C=O) groups is 1. The van der Waals surface area contributed by atoms with Crippen molar-refractivity contribution in [3.8, 4) is 0 Å². The van der Waals surface area contributed by atoms with E-state index in [0.717, 1.165) is 6.42 Å². The van der Waals surface area contributed by atoms with Crippen LogP contribution in [0.4, 0.5) is 0 Å². The number of carbonyl (C=O) groups excluding carboxylic acids is 1. The highest BCUT2D eigenvalue weighted by Gasteiger charge is 2.34. The van der Waals surface area contributed by atoms with Crippen LogP contribution in [0.2, 0.25) is 0 Å². The van der Waals surface area contributed by atoms with Gasteiger partial charge in [0.1, 0.15) is 6.10 Å². The van der Waals surface area contributed by atoms with Gasteiger partial charge in [-0.15, -0.1) is 0 Å². The zero-order chi connectivity index (χ0) is 17.5. The van der Waals surface area contributed by atoms with Gasteiger partial charge in [-0.3, -0.25) is 4.79 Å². The maximum absolute atomic E-state index is 11.6. The Balaban J connectivity index is -0.000000739. The molecule has 0 bridgehead atoms. The molecule has 0 aromatic rings. The second kappa shape index (κ2) is 16.1. The lowest BCUT2D eigenvalue weighted by Crippen LogP contribution is -2.45. The summed E-state index contributed by atoms with van der Waals surface area (Å²) < 4.78 is 9.56. The van der Waals surface area contributed by atoms with E-state index in [1.807, 2.05) is 34.6 Å². The summed E-state index contributed by atoms with van der Waals surface area (Å²) in [7, 11) is -0.618. The van der Waals surface area contributed by atoms with Crippen LogP contribution in [0.15, 0.2) is 0 Å². The highest BCUT2D eigenvalue weighted by molar-refractivity contribution is 7.40. The second-order valence-electron chi connectivity index (χ2n) is 4.38. The van der Waals surface area contributed by atoms with Crippen LogP contribution in [0.1, 0.15) is 54.9 Å². The van der Waals surface area contributed by atoms with Crippen molar-refractivity contribution in [2.75, 3.05) is 20.3 Å². The van der Waals surface area contributed by atoms with Crippen molar-refractivity contribution in [2.24, 2.45) is 5.41 Å². The van der Waals surface area contributed by atoms with E-state index in [2.05, 4.69) is 9.84 Å². The summed E-state index contributed by atoms with van der Waals surface area (Å²) in [6.45, 7) is 13.9. The average molecular weight is 327 g/mol. The van der Waals surface area contributed by atoms with E-state index in [1.54, 1.807) is 13.8 Å². The zero-order valence-electron chi connectivity index (χ0n) is 14.8. The van der Waals surface area contributed by atoms with Crippen molar-refractivity contribution in [2.45, 2.75) is 61.0 Å². The molecular weight excluding hydrogens is 293 g/mol. The molecule has 1 amide bonds. The maximum Gasteiger partial charge on any atom is 0.329 e. The number of hydrogen-bond donors (Lipinski definition) is 3. The molecule has 0 aliphatic rings. The fourth-order valence-corrected chi connectivity index (χ4v) is 1.60. The van der Waals surface area contributed by atoms with Gasteiger partial charge in [-0.1, -0.05) is 48.5 Å². The molecule has 0 aromatic heterocycles. The Bertz CT molecular complexity index is 239. The Morgan fingerprint density at radius 3 is 2.14 bits per heavy atom. The van der Waals surface area contributed by atoms with Crippen molar-refractivity contribution in [3.05, 3.63) is 0 Å². The first-order chi connectivity index (χ1) is 9.85. The third-order valence-electron chi connectivity index (χ3n) is 2.24. The molecule has 0 aliphatic heterocycles. The van der Waals surface area contributed by atoms with Gasteiger partial charge in [-0.05, 0) is 6.42 Å². The van der Waals surface area contributed by atoms with Gasteiger partial charge in [0.15, 0.2) is 0 Å². The van der Waals surface area contributed by atoms with E-state index in [4.69, 9.17) is 9.42 Å². The standard InChI is InChI=1S/C10H22NO5P.2C2H6/c1-5-6-11-9(13)8(12)10(2,3)7-16-17(14)15-4;2*1-2/h8,12,14H,5-7H2,1-4H3,(H,11,13);2*1-2H3. The SMILES string of the molecule is CC.CC.CCCNC(=O)C(O)C(C)(C)COP(O)OC. The largest absolute Gasteiger partial charge is 0.383 e. The smallest absolute Gasteiger partial charge is 0.329 e. The summed E-state index contributed by atoms with van der Waals surface area (Å²) in [6.07, 6.45) is -0.379. The van der Waals surface area contributed by atoms with Crippen LogP contribution < -0.4 is 5.32 Å². The third-order valence-corrected chi connectivity index (χ3v) is 2.90. The van der Waals surface area contributed by atoms with Crippen molar-refractivity contribution in [1.29, 1.82) is 0 Å². The molecule has 130 valence electrons. The molecule has 0 heterocycles. The fourth-order valence-electron chi connectivity index (χ4n) is 1.05. The molecule has 0 radical (unpaired) electrons. The van der Waals surface area contributed by atoms with E-state index in [9.17, 15) is 9.90 Å². The molecule has 7 heteroatoms. The van der Waals surface area contributed by atoms with Gasteiger partial charge in [0.05, 0.1) is 6.61 Å².